The highest BCUT2D eigenvalue weighted by molar-refractivity contribution is 8.00. The predicted molar refractivity (Wildman–Crippen MR) is 123 cm³/mol. The maximum absolute atomic E-state index is 13.2. The molecular formula is C23H35N5OS. The summed E-state index contributed by atoms with van der Waals surface area (Å²) in [6, 6.07) is 8.66. The van der Waals surface area contributed by atoms with Crippen molar-refractivity contribution < 1.29 is 4.79 Å². The van der Waals surface area contributed by atoms with Crippen LogP contribution in [0.25, 0.3) is 0 Å². The summed E-state index contributed by atoms with van der Waals surface area (Å²) in [6.45, 7) is 8.75. The number of hydrogen-bond acceptors (Lipinski definition) is 5. The number of rotatable bonds is 9. The second-order valence-electron chi connectivity index (χ2n) is 8.27. The second-order valence-corrected chi connectivity index (χ2v) is 9.58. The van der Waals surface area contributed by atoms with Crippen molar-refractivity contribution in [2.45, 2.75) is 76.0 Å². The molecule has 0 spiro atoms. The molecule has 164 valence electrons. The van der Waals surface area contributed by atoms with E-state index in [0.717, 1.165) is 49.8 Å². The average molecular weight is 430 g/mol. The van der Waals surface area contributed by atoms with E-state index < -0.39 is 0 Å². The lowest BCUT2D eigenvalue weighted by atomic mass is 10.00. The molecule has 2 unspecified atom stereocenters. The van der Waals surface area contributed by atoms with Crippen molar-refractivity contribution in [1.82, 2.24) is 24.6 Å². The molecule has 0 radical (unpaired) electrons. The molecule has 3 rings (SSSR count). The molecule has 0 N–H and O–H groups in total. The lowest BCUT2D eigenvalue weighted by Gasteiger charge is -2.30. The third-order valence-corrected chi connectivity index (χ3v) is 6.93. The molecule has 2 atom stereocenters. The Morgan fingerprint density at radius 1 is 1.20 bits per heavy atom. The van der Waals surface area contributed by atoms with Gasteiger partial charge in [-0.1, -0.05) is 56.3 Å². The van der Waals surface area contributed by atoms with E-state index in [9.17, 15) is 4.79 Å². The smallest absolute Gasteiger partial charge is 0.236 e. The van der Waals surface area contributed by atoms with E-state index >= 15 is 0 Å². The standard InChI is InChI=1S/C23H35N5OS/c1-6-8-14-28-21(20(7-2)26(4)5)24-25-23(28)30-17(3)22(29)27-15-13-18-11-9-10-12-19(18)16-27/h9-12,17,20H,6-8,13-16H2,1-5H3. The number of fused-ring (bicyclic) bond motifs is 1. The zero-order chi connectivity index (χ0) is 21.7. The highest BCUT2D eigenvalue weighted by Gasteiger charge is 2.28. The molecule has 0 bridgehead atoms. The van der Waals surface area contributed by atoms with Gasteiger partial charge in [-0.05, 0) is 51.4 Å². The van der Waals surface area contributed by atoms with Crippen LogP contribution in [0.2, 0.25) is 0 Å². The Hall–Kier alpha value is -1.86. The van der Waals surface area contributed by atoms with Crippen molar-refractivity contribution in [3.8, 4) is 0 Å². The van der Waals surface area contributed by atoms with Crippen LogP contribution in [0.1, 0.15) is 63.0 Å². The van der Waals surface area contributed by atoms with Gasteiger partial charge in [0.05, 0.1) is 11.3 Å². The maximum atomic E-state index is 13.2. The normalized spacial score (nSPS) is 15.9. The summed E-state index contributed by atoms with van der Waals surface area (Å²) in [4.78, 5) is 17.4. The van der Waals surface area contributed by atoms with Crippen molar-refractivity contribution in [2.24, 2.45) is 0 Å². The van der Waals surface area contributed by atoms with E-state index in [2.05, 4.69) is 71.9 Å². The number of hydrogen-bond donors (Lipinski definition) is 0. The predicted octanol–water partition coefficient (Wildman–Crippen LogP) is 4.16. The summed E-state index contributed by atoms with van der Waals surface area (Å²) < 4.78 is 2.23. The van der Waals surface area contributed by atoms with Crippen molar-refractivity contribution >= 4 is 17.7 Å². The van der Waals surface area contributed by atoms with Crippen LogP contribution in [-0.2, 0) is 24.3 Å². The molecule has 2 aromatic rings. The number of benzene rings is 1. The van der Waals surface area contributed by atoms with Gasteiger partial charge in [0.1, 0.15) is 0 Å². The summed E-state index contributed by atoms with van der Waals surface area (Å²) in [5, 5.41) is 9.71. The fourth-order valence-corrected chi connectivity index (χ4v) is 5.05. The lowest BCUT2D eigenvalue weighted by Crippen LogP contribution is -2.40. The molecule has 6 nitrogen and oxygen atoms in total. The van der Waals surface area contributed by atoms with Gasteiger partial charge >= 0.3 is 0 Å². The molecule has 1 aliphatic rings. The van der Waals surface area contributed by atoms with E-state index in [1.807, 2.05) is 11.8 Å². The SMILES string of the molecule is CCCCn1c(SC(C)C(=O)N2CCc3ccccc3C2)nnc1C(CC)N(C)C. The summed E-state index contributed by atoms with van der Waals surface area (Å²) >= 11 is 1.54. The molecule has 1 amide bonds. The number of nitrogens with zero attached hydrogens (tertiary/aromatic N) is 5. The maximum Gasteiger partial charge on any atom is 0.236 e. The Morgan fingerprint density at radius 2 is 1.93 bits per heavy atom. The van der Waals surface area contributed by atoms with Crippen LogP contribution in [0.15, 0.2) is 29.4 Å². The minimum Gasteiger partial charge on any atom is -0.337 e. The highest BCUT2D eigenvalue weighted by Crippen LogP contribution is 2.29. The Kier molecular flexibility index (Phi) is 7.94. The summed E-state index contributed by atoms with van der Waals surface area (Å²) in [5.41, 5.74) is 2.62. The van der Waals surface area contributed by atoms with Crippen molar-refractivity contribution in [1.29, 1.82) is 0 Å². The molecule has 7 heteroatoms. The van der Waals surface area contributed by atoms with E-state index in [1.165, 1.54) is 11.1 Å². The Balaban J connectivity index is 1.74. The van der Waals surface area contributed by atoms with E-state index in [4.69, 9.17) is 0 Å². The van der Waals surface area contributed by atoms with Crippen LogP contribution in [0.5, 0.6) is 0 Å². The largest absolute Gasteiger partial charge is 0.337 e. The summed E-state index contributed by atoms with van der Waals surface area (Å²) in [7, 11) is 4.17. The molecule has 1 aromatic heterocycles. The molecule has 1 aliphatic heterocycles. The number of aromatic nitrogens is 3. The van der Waals surface area contributed by atoms with Crippen LogP contribution in [0.4, 0.5) is 0 Å². The van der Waals surface area contributed by atoms with Crippen LogP contribution in [0.3, 0.4) is 0 Å². The quantitative estimate of drug-likeness (QED) is 0.560. The first-order chi connectivity index (χ1) is 14.5. The molecule has 0 aliphatic carbocycles. The summed E-state index contributed by atoms with van der Waals surface area (Å²) in [6.07, 6.45) is 4.09. The monoisotopic (exact) mass is 429 g/mol. The third kappa shape index (κ3) is 5.06. The molecule has 2 heterocycles. The molecular weight excluding hydrogens is 394 g/mol. The van der Waals surface area contributed by atoms with Gasteiger partial charge in [-0.15, -0.1) is 10.2 Å². The first-order valence-corrected chi connectivity index (χ1v) is 12.0. The molecule has 0 fully saturated rings. The Labute approximate surface area is 185 Å². The van der Waals surface area contributed by atoms with Gasteiger partial charge in [0.15, 0.2) is 11.0 Å². The lowest BCUT2D eigenvalue weighted by molar-refractivity contribution is -0.131. The number of carbonyl (C=O) groups is 1. The number of unbranched alkanes of at least 4 members (excludes halogenated alkanes) is 1. The minimum atomic E-state index is -0.188. The highest BCUT2D eigenvalue weighted by atomic mass is 32.2. The second kappa shape index (κ2) is 10.4. The molecule has 0 saturated carbocycles. The topological polar surface area (TPSA) is 54.3 Å². The van der Waals surface area contributed by atoms with Gasteiger partial charge in [0.2, 0.25) is 5.91 Å². The average Bonchev–Trinajstić information content (AvgIpc) is 3.13. The first kappa shape index (κ1) is 22.8. The zero-order valence-corrected chi connectivity index (χ0v) is 19.8. The minimum absolute atomic E-state index is 0.181. The van der Waals surface area contributed by atoms with Gasteiger partial charge in [0.25, 0.3) is 0 Å². The Bertz CT molecular complexity index is 850. The summed E-state index contributed by atoms with van der Waals surface area (Å²) in [5.74, 6) is 1.19. The van der Waals surface area contributed by atoms with Crippen LogP contribution in [-0.4, -0.2) is 56.4 Å². The van der Waals surface area contributed by atoms with Gasteiger partial charge in [0, 0.05) is 19.6 Å². The van der Waals surface area contributed by atoms with Gasteiger partial charge in [-0.25, -0.2) is 0 Å². The van der Waals surface area contributed by atoms with E-state index in [0.29, 0.717) is 6.54 Å². The van der Waals surface area contributed by atoms with Crippen LogP contribution < -0.4 is 0 Å². The fourth-order valence-electron chi connectivity index (χ4n) is 4.09. The Morgan fingerprint density at radius 3 is 2.60 bits per heavy atom. The number of carbonyl (C=O) groups excluding carboxylic acids is 1. The first-order valence-electron chi connectivity index (χ1n) is 11.1. The van der Waals surface area contributed by atoms with Crippen molar-refractivity contribution in [2.75, 3.05) is 20.6 Å². The van der Waals surface area contributed by atoms with Gasteiger partial charge in [-0.2, -0.15) is 0 Å². The van der Waals surface area contributed by atoms with E-state index in [1.54, 1.807) is 11.8 Å². The van der Waals surface area contributed by atoms with Gasteiger partial charge < -0.3 is 9.47 Å². The van der Waals surface area contributed by atoms with Crippen LogP contribution in [0, 0.1) is 0 Å². The molecule has 1 aromatic carbocycles. The van der Waals surface area contributed by atoms with Crippen molar-refractivity contribution in [3.05, 3.63) is 41.2 Å². The molecule has 0 saturated heterocycles. The van der Waals surface area contributed by atoms with Crippen LogP contribution >= 0.6 is 11.8 Å². The number of thioether (sulfide) groups is 1. The third-order valence-electron chi connectivity index (χ3n) is 5.86. The van der Waals surface area contributed by atoms with E-state index in [-0.39, 0.29) is 17.2 Å². The molecule has 30 heavy (non-hydrogen) atoms. The zero-order valence-electron chi connectivity index (χ0n) is 19.0. The fraction of sp³-hybridized carbons (Fsp3) is 0.609. The van der Waals surface area contributed by atoms with Crippen molar-refractivity contribution in [3.63, 3.8) is 0 Å². The van der Waals surface area contributed by atoms with Gasteiger partial charge in [-0.3, -0.25) is 9.69 Å². The number of amides is 1.